The molecule has 2 aromatic carbocycles. The largest absolute Gasteiger partial charge is 0.452 e. The van der Waals surface area contributed by atoms with Gasteiger partial charge in [0.1, 0.15) is 0 Å². The summed E-state index contributed by atoms with van der Waals surface area (Å²) in [5.41, 5.74) is 2.28. The molecule has 0 saturated carbocycles. The maximum absolute atomic E-state index is 12.0. The smallest absolute Gasteiger partial charge is 0.338 e. The standard InChI is InChI=1S/C19H21NO3/c1-3-14(2)16-11-7-8-12-17(16)20-18(21)13-23-19(22)15-9-5-4-6-10-15/h4-12,14H,3,13H2,1-2H3,(H,20,21)/t14-/m0/s1. The molecule has 0 fully saturated rings. The van der Waals surface area contributed by atoms with Crippen LogP contribution in [0.5, 0.6) is 0 Å². The van der Waals surface area contributed by atoms with Gasteiger partial charge in [0.05, 0.1) is 5.56 Å². The molecule has 0 saturated heterocycles. The highest BCUT2D eigenvalue weighted by atomic mass is 16.5. The Morgan fingerprint density at radius 2 is 1.70 bits per heavy atom. The fourth-order valence-corrected chi connectivity index (χ4v) is 2.24. The van der Waals surface area contributed by atoms with E-state index in [2.05, 4.69) is 19.2 Å². The van der Waals surface area contributed by atoms with E-state index in [0.29, 0.717) is 11.5 Å². The normalized spacial score (nSPS) is 11.6. The highest BCUT2D eigenvalue weighted by Crippen LogP contribution is 2.26. The fourth-order valence-electron chi connectivity index (χ4n) is 2.24. The first-order chi connectivity index (χ1) is 11.1. The van der Waals surface area contributed by atoms with E-state index in [-0.39, 0.29) is 12.5 Å². The van der Waals surface area contributed by atoms with Gasteiger partial charge in [-0.15, -0.1) is 0 Å². The summed E-state index contributed by atoms with van der Waals surface area (Å²) in [7, 11) is 0. The van der Waals surface area contributed by atoms with Crippen LogP contribution in [0.4, 0.5) is 5.69 Å². The molecule has 0 aliphatic rings. The quantitative estimate of drug-likeness (QED) is 0.821. The number of nitrogens with one attached hydrogen (secondary N) is 1. The molecule has 0 spiro atoms. The van der Waals surface area contributed by atoms with Gasteiger partial charge in [-0.3, -0.25) is 4.79 Å². The molecule has 1 atom stereocenters. The second kappa shape index (κ2) is 8.13. The van der Waals surface area contributed by atoms with E-state index < -0.39 is 5.97 Å². The van der Waals surface area contributed by atoms with Crippen molar-refractivity contribution in [3.63, 3.8) is 0 Å². The van der Waals surface area contributed by atoms with E-state index in [1.807, 2.05) is 30.3 Å². The number of anilines is 1. The number of hydrogen-bond acceptors (Lipinski definition) is 3. The second-order valence-electron chi connectivity index (χ2n) is 5.39. The van der Waals surface area contributed by atoms with Crippen molar-refractivity contribution >= 4 is 17.6 Å². The minimum absolute atomic E-state index is 0.303. The van der Waals surface area contributed by atoms with E-state index in [4.69, 9.17) is 4.74 Å². The summed E-state index contributed by atoms with van der Waals surface area (Å²) in [4.78, 5) is 23.8. The van der Waals surface area contributed by atoms with Crippen LogP contribution in [0.1, 0.15) is 42.1 Å². The van der Waals surface area contributed by atoms with Gasteiger partial charge in [0.2, 0.25) is 0 Å². The third-order valence-corrected chi connectivity index (χ3v) is 3.72. The van der Waals surface area contributed by atoms with E-state index in [0.717, 1.165) is 17.7 Å². The summed E-state index contributed by atoms with van der Waals surface area (Å²) >= 11 is 0. The Bertz CT molecular complexity index is 667. The van der Waals surface area contributed by atoms with Gasteiger partial charge < -0.3 is 10.1 Å². The number of esters is 1. The average Bonchev–Trinajstić information content (AvgIpc) is 2.60. The number of para-hydroxylation sites is 1. The Hall–Kier alpha value is -2.62. The summed E-state index contributed by atoms with van der Waals surface area (Å²) in [6.45, 7) is 3.91. The molecule has 0 radical (unpaired) electrons. The monoisotopic (exact) mass is 311 g/mol. The molecule has 2 rings (SSSR count). The van der Waals surface area contributed by atoms with Crippen LogP contribution in [0.15, 0.2) is 54.6 Å². The summed E-state index contributed by atoms with van der Waals surface area (Å²) in [5, 5.41) is 2.82. The van der Waals surface area contributed by atoms with Gasteiger partial charge in [-0.1, -0.05) is 50.2 Å². The van der Waals surface area contributed by atoms with Crippen molar-refractivity contribution in [2.45, 2.75) is 26.2 Å². The molecular weight excluding hydrogens is 290 g/mol. The van der Waals surface area contributed by atoms with Gasteiger partial charge in [0, 0.05) is 5.69 Å². The lowest BCUT2D eigenvalue weighted by Crippen LogP contribution is -2.21. The Balaban J connectivity index is 1.94. The van der Waals surface area contributed by atoms with Crippen LogP contribution in [0.25, 0.3) is 0 Å². The van der Waals surface area contributed by atoms with Crippen molar-refractivity contribution in [1.82, 2.24) is 0 Å². The average molecular weight is 311 g/mol. The third kappa shape index (κ3) is 4.68. The topological polar surface area (TPSA) is 55.4 Å². The molecule has 0 aliphatic heterocycles. The molecule has 0 bridgehead atoms. The minimum atomic E-state index is -0.504. The van der Waals surface area contributed by atoms with Gasteiger partial charge >= 0.3 is 5.97 Å². The lowest BCUT2D eigenvalue weighted by molar-refractivity contribution is -0.119. The van der Waals surface area contributed by atoms with Crippen molar-refractivity contribution in [1.29, 1.82) is 0 Å². The first kappa shape index (κ1) is 16.7. The molecular formula is C19H21NO3. The van der Waals surface area contributed by atoms with Crippen LogP contribution >= 0.6 is 0 Å². The summed E-state index contributed by atoms with van der Waals surface area (Å²) in [6, 6.07) is 16.3. The Morgan fingerprint density at radius 3 is 2.39 bits per heavy atom. The van der Waals surface area contributed by atoms with Gasteiger partial charge in [-0.2, -0.15) is 0 Å². The molecule has 1 N–H and O–H groups in total. The number of carbonyl (C=O) groups excluding carboxylic acids is 2. The number of benzene rings is 2. The lowest BCUT2D eigenvalue weighted by atomic mass is 9.97. The Morgan fingerprint density at radius 1 is 1.04 bits per heavy atom. The van der Waals surface area contributed by atoms with Crippen LogP contribution in [-0.2, 0) is 9.53 Å². The minimum Gasteiger partial charge on any atom is -0.452 e. The zero-order chi connectivity index (χ0) is 16.7. The second-order valence-corrected chi connectivity index (χ2v) is 5.39. The summed E-state index contributed by atoms with van der Waals surface area (Å²) in [5.74, 6) is -0.501. The predicted molar refractivity (Wildman–Crippen MR) is 90.5 cm³/mol. The number of amides is 1. The maximum Gasteiger partial charge on any atom is 0.338 e. The zero-order valence-corrected chi connectivity index (χ0v) is 13.4. The first-order valence-electron chi connectivity index (χ1n) is 7.72. The van der Waals surface area contributed by atoms with Crippen molar-refractivity contribution in [2.75, 3.05) is 11.9 Å². The molecule has 1 amide bonds. The van der Waals surface area contributed by atoms with Crippen LogP contribution < -0.4 is 5.32 Å². The van der Waals surface area contributed by atoms with Crippen molar-refractivity contribution in [2.24, 2.45) is 0 Å². The van der Waals surface area contributed by atoms with E-state index in [1.165, 1.54) is 0 Å². The van der Waals surface area contributed by atoms with Crippen LogP contribution in [-0.4, -0.2) is 18.5 Å². The van der Waals surface area contributed by atoms with Crippen LogP contribution in [0.3, 0.4) is 0 Å². The molecule has 23 heavy (non-hydrogen) atoms. The summed E-state index contributed by atoms with van der Waals surface area (Å²) < 4.78 is 5.04. The number of hydrogen-bond donors (Lipinski definition) is 1. The third-order valence-electron chi connectivity index (χ3n) is 3.72. The molecule has 4 heteroatoms. The van der Waals surface area contributed by atoms with E-state index >= 15 is 0 Å². The molecule has 0 aromatic heterocycles. The van der Waals surface area contributed by atoms with Crippen LogP contribution in [0.2, 0.25) is 0 Å². The van der Waals surface area contributed by atoms with Gasteiger partial charge in [0.25, 0.3) is 5.91 Å². The fraction of sp³-hybridized carbons (Fsp3) is 0.263. The highest BCUT2D eigenvalue weighted by molar-refractivity contribution is 5.95. The maximum atomic E-state index is 12.0. The Kier molecular flexibility index (Phi) is 5.92. The van der Waals surface area contributed by atoms with E-state index in [1.54, 1.807) is 24.3 Å². The molecule has 120 valence electrons. The van der Waals surface area contributed by atoms with Gasteiger partial charge in [-0.25, -0.2) is 4.79 Å². The first-order valence-corrected chi connectivity index (χ1v) is 7.72. The molecule has 2 aromatic rings. The summed E-state index contributed by atoms with van der Waals surface area (Å²) in [6.07, 6.45) is 0.982. The molecule has 0 aliphatic carbocycles. The lowest BCUT2D eigenvalue weighted by Gasteiger charge is -2.15. The molecule has 4 nitrogen and oxygen atoms in total. The van der Waals surface area contributed by atoms with E-state index in [9.17, 15) is 9.59 Å². The van der Waals surface area contributed by atoms with Crippen molar-refractivity contribution in [3.8, 4) is 0 Å². The highest BCUT2D eigenvalue weighted by Gasteiger charge is 2.13. The number of rotatable bonds is 6. The van der Waals surface area contributed by atoms with Crippen LogP contribution in [0, 0.1) is 0 Å². The zero-order valence-electron chi connectivity index (χ0n) is 13.4. The van der Waals surface area contributed by atoms with Gasteiger partial charge in [-0.05, 0) is 36.1 Å². The SMILES string of the molecule is CC[C@H](C)c1ccccc1NC(=O)COC(=O)c1ccccc1. The molecule has 0 heterocycles. The van der Waals surface area contributed by atoms with Crippen molar-refractivity contribution < 1.29 is 14.3 Å². The Labute approximate surface area is 136 Å². The predicted octanol–water partition coefficient (Wildman–Crippen LogP) is 4.00. The van der Waals surface area contributed by atoms with Crippen molar-refractivity contribution in [3.05, 3.63) is 65.7 Å². The number of carbonyl (C=O) groups is 2. The number of ether oxygens (including phenoxy) is 1. The van der Waals surface area contributed by atoms with Gasteiger partial charge in [0.15, 0.2) is 6.61 Å². The molecule has 0 unspecified atom stereocenters.